The van der Waals surface area contributed by atoms with Gasteiger partial charge >= 0.3 is 0 Å². The highest BCUT2D eigenvalue weighted by atomic mass is 15.0. The highest BCUT2D eigenvalue weighted by Gasteiger charge is 2.01. The highest BCUT2D eigenvalue weighted by molar-refractivity contribution is 5.77. The maximum absolute atomic E-state index is 5.21. The summed E-state index contributed by atoms with van der Waals surface area (Å²) in [5.74, 6) is 0.725. The van der Waals surface area contributed by atoms with Crippen molar-refractivity contribution in [3.63, 3.8) is 0 Å². The minimum Gasteiger partial charge on any atom is -0.370 e. The fourth-order valence-electron chi connectivity index (χ4n) is 0.948. The van der Waals surface area contributed by atoms with Crippen LogP contribution in [0.15, 0.2) is 28.9 Å². The summed E-state index contributed by atoms with van der Waals surface area (Å²) in [6.07, 6.45) is 7.09. The normalized spacial score (nSPS) is 22.6. The van der Waals surface area contributed by atoms with Crippen LogP contribution in [0, 0.1) is 5.92 Å². The zero-order valence-corrected chi connectivity index (χ0v) is 6.62. The van der Waals surface area contributed by atoms with Crippen molar-refractivity contribution in [2.45, 2.75) is 13.3 Å². The van der Waals surface area contributed by atoms with Gasteiger partial charge in [0.1, 0.15) is 0 Å². The first-order chi connectivity index (χ1) is 5.18. The van der Waals surface area contributed by atoms with E-state index in [2.05, 4.69) is 18.0 Å². The first-order valence-corrected chi connectivity index (χ1v) is 3.66. The van der Waals surface area contributed by atoms with Crippen molar-refractivity contribution in [3.05, 3.63) is 23.9 Å². The molecule has 3 heteroatoms. The molecular weight excluding hydrogens is 138 g/mol. The minimum absolute atomic E-state index is 0.121. The molecule has 0 aromatic rings. The molecule has 0 saturated carbocycles. The van der Waals surface area contributed by atoms with Crippen molar-refractivity contribution in [1.82, 2.24) is 0 Å². The van der Waals surface area contributed by atoms with E-state index in [1.54, 1.807) is 0 Å². The number of guanidine groups is 1. The van der Waals surface area contributed by atoms with Gasteiger partial charge < -0.3 is 11.5 Å². The third kappa shape index (κ3) is 2.45. The molecule has 0 heterocycles. The van der Waals surface area contributed by atoms with E-state index < -0.39 is 0 Å². The summed E-state index contributed by atoms with van der Waals surface area (Å²) < 4.78 is 0. The van der Waals surface area contributed by atoms with Crippen LogP contribution >= 0.6 is 0 Å². The lowest BCUT2D eigenvalue weighted by Crippen LogP contribution is -2.22. The van der Waals surface area contributed by atoms with E-state index in [1.807, 2.05) is 12.2 Å². The molecule has 1 atom stereocenters. The van der Waals surface area contributed by atoms with Crippen LogP contribution in [0.5, 0.6) is 0 Å². The Bertz CT molecular complexity index is 221. The number of allylic oxidation sites excluding steroid dienone is 3. The van der Waals surface area contributed by atoms with Gasteiger partial charge in [-0.3, -0.25) is 0 Å². The summed E-state index contributed by atoms with van der Waals surface area (Å²) in [5, 5.41) is 0. The number of hydrogen-bond acceptors (Lipinski definition) is 1. The van der Waals surface area contributed by atoms with Crippen LogP contribution in [0.3, 0.4) is 0 Å². The largest absolute Gasteiger partial charge is 0.370 e. The average molecular weight is 151 g/mol. The van der Waals surface area contributed by atoms with Gasteiger partial charge in [-0.15, -0.1) is 0 Å². The topological polar surface area (TPSA) is 64.4 Å². The molecule has 0 bridgehead atoms. The number of aliphatic imine (C=N–C) groups is 1. The quantitative estimate of drug-likeness (QED) is 0.429. The van der Waals surface area contributed by atoms with Crippen LogP contribution < -0.4 is 11.5 Å². The van der Waals surface area contributed by atoms with Gasteiger partial charge in [-0.1, -0.05) is 19.1 Å². The molecule has 0 aromatic carbocycles. The standard InChI is InChI=1S/C8H13N3/c1-6-2-4-7(5-3-6)11-8(9)10/h2,4-6H,3H2,1H3,(H4,9,10,11). The molecule has 1 rings (SSSR count). The molecule has 1 unspecified atom stereocenters. The lowest BCUT2D eigenvalue weighted by Gasteiger charge is -2.07. The molecule has 11 heavy (non-hydrogen) atoms. The fraction of sp³-hybridized carbons (Fsp3) is 0.375. The van der Waals surface area contributed by atoms with Crippen LogP contribution in [0.4, 0.5) is 0 Å². The van der Waals surface area contributed by atoms with Gasteiger partial charge in [-0.25, -0.2) is 4.99 Å². The summed E-state index contributed by atoms with van der Waals surface area (Å²) in [6.45, 7) is 2.15. The third-order valence-electron chi connectivity index (χ3n) is 1.55. The Morgan fingerprint density at radius 1 is 1.64 bits per heavy atom. The Hall–Kier alpha value is -1.25. The second kappa shape index (κ2) is 3.23. The van der Waals surface area contributed by atoms with E-state index in [9.17, 15) is 0 Å². The minimum atomic E-state index is 0.121. The molecule has 0 amide bonds. The molecule has 0 aromatic heterocycles. The molecule has 3 nitrogen and oxygen atoms in total. The summed E-state index contributed by atoms with van der Waals surface area (Å²) in [4.78, 5) is 3.92. The van der Waals surface area contributed by atoms with Crippen molar-refractivity contribution in [2.75, 3.05) is 0 Å². The summed E-state index contributed by atoms with van der Waals surface area (Å²) in [5.41, 5.74) is 11.3. The van der Waals surface area contributed by atoms with Crippen LogP contribution in [0.1, 0.15) is 13.3 Å². The van der Waals surface area contributed by atoms with Crippen LogP contribution in [0.25, 0.3) is 0 Å². The highest BCUT2D eigenvalue weighted by Crippen LogP contribution is 2.15. The van der Waals surface area contributed by atoms with Gasteiger partial charge in [0, 0.05) is 0 Å². The van der Waals surface area contributed by atoms with E-state index in [1.165, 1.54) is 0 Å². The van der Waals surface area contributed by atoms with Gasteiger partial charge in [0.05, 0.1) is 5.70 Å². The maximum atomic E-state index is 5.21. The Morgan fingerprint density at radius 3 is 2.82 bits per heavy atom. The van der Waals surface area contributed by atoms with Crippen molar-refractivity contribution in [1.29, 1.82) is 0 Å². The third-order valence-corrected chi connectivity index (χ3v) is 1.55. The Kier molecular flexibility index (Phi) is 2.31. The van der Waals surface area contributed by atoms with E-state index >= 15 is 0 Å². The van der Waals surface area contributed by atoms with Crippen molar-refractivity contribution < 1.29 is 0 Å². The fourth-order valence-corrected chi connectivity index (χ4v) is 0.948. The molecule has 0 saturated heterocycles. The van der Waals surface area contributed by atoms with Crippen LogP contribution in [0.2, 0.25) is 0 Å². The number of hydrogen-bond donors (Lipinski definition) is 2. The second-order valence-electron chi connectivity index (χ2n) is 2.74. The van der Waals surface area contributed by atoms with Crippen molar-refractivity contribution in [3.8, 4) is 0 Å². The molecule has 0 aliphatic heterocycles. The average Bonchev–Trinajstić information content (AvgIpc) is 1.93. The van der Waals surface area contributed by atoms with Gasteiger partial charge in [0.2, 0.25) is 0 Å². The smallest absolute Gasteiger partial charge is 0.191 e. The number of nitrogens with two attached hydrogens (primary N) is 2. The van der Waals surface area contributed by atoms with Gasteiger partial charge in [0.25, 0.3) is 0 Å². The Labute approximate surface area is 66.5 Å². The molecule has 1 aliphatic carbocycles. The molecule has 60 valence electrons. The second-order valence-corrected chi connectivity index (χ2v) is 2.74. The zero-order valence-electron chi connectivity index (χ0n) is 6.62. The maximum Gasteiger partial charge on any atom is 0.191 e. The molecule has 4 N–H and O–H groups in total. The summed E-state index contributed by atoms with van der Waals surface area (Å²) in [6, 6.07) is 0. The van der Waals surface area contributed by atoms with E-state index in [0.29, 0.717) is 5.92 Å². The lowest BCUT2D eigenvalue weighted by atomic mass is 10.0. The van der Waals surface area contributed by atoms with Crippen LogP contribution in [-0.2, 0) is 0 Å². The van der Waals surface area contributed by atoms with Gasteiger partial charge in [-0.05, 0) is 18.4 Å². The molecule has 0 spiro atoms. The molecule has 0 radical (unpaired) electrons. The monoisotopic (exact) mass is 151 g/mol. The number of nitrogens with zero attached hydrogens (tertiary/aromatic N) is 1. The predicted molar refractivity (Wildman–Crippen MR) is 46.8 cm³/mol. The number of rotatable bonds is 1. The van der Waals surface area contributed by atoms with Gasteiger partial charge in [-0.2, -0.15) is 0 Å². The van der Waals surface area contributed by atoms with E-state index in [4.69, 9.17) is 11.5 Å². The Balaban J connectivity index is 2.64. The zero-order chi connectivity index (χ0) is 8.27. The van der Waals surface area contributed by atoms with Gasteiger partial charge in [0.15, 0.2) is 5.96 Å². The molecule has 1 aliphatic rings. The lowest BCUT2D eigenvalue weighted by molar-refractivity contribution is 0.730. The summed E-state index contributed by atoms with van der Waals surface area (Å²) >= 11 is 0. The molecule has 0 fully saturated rings. The van der Waals surface area contributed by atoms with Crippen LogP contribution in [-0.4, -0.2) is 5.96 Å². The van der Waals surface area contributed by atoms with Crippen molar-refractivity contribution >= 4 is 5.96 Å². The SMILES string of the molecule is CC1C=CC(N=C(N)N)=CC1. The predicted octanol–water partition coefficient (Wildman–Crippen LogP) is 0.740. The summed E-state index contributed by atoms with van der Waals surface area (Å²) in [7, 11) is 0. The van der Waals surface area contributed by atoms with E-state index in [0.717, 1.165) is 12.1 Å². The first kappa shape index (κ1) is 7.85. The molecular formula is C8H13N3. The Morgan fingerprint density at radius 2 is 2.36 bits per heavy atom. The van der Waals surface area contributed by atoms with Crippen molar-refractivity contribution in [2.24, 2.45) is 22.4 Å². The van der Waals surface area contributed by atoms with E-state index in [-0.39, 0.29) is 5.96 Å². The first-order valence-electron chi connectivity index (χ1n) is 3.66.